The van der Waals surface area contributed by atoms with Gasteiger partial charge in [0.15, 0.2) is 6.10 Å². The molecular weight excluding hydrogens is 534 g/mol. The van der Waals surface area contributed by atoms with Gasteiger partial charge < -0.3 is 24.5 Å². The summed E-state index contributed by atoms with van der Waals surface area (Å²) in [5, 5.41) is 3.33. The monoisotopic (exact) mass is 557 g/mol. The highest BCUT2D eigenvalue weighted by Gasteiger charge is 2.52. The van der Waals surface area contributed by atoms with Crippen molar-refractivity contribution in [3.05, 3.63) is 94.9 Å². The van der Waals surface area contributed by atoms with E-state index in [9.17, 15) is 14.4 Å². The Kier molecular flexibility index (Phi) is 8.40. The van der Waals surface area contributed by atoms with Gasteiger partial charge in [-0.05, 0) is 16.3 Å². The topological polar surface area (TPSA) is 134 Å². The number of carbonyl (C=O) groups excluding carboxylic acids is 3. The Hall–Kier alpha value is -3.80. The van der Waals surface area contributed by atoms with Crippen molar-refractivity contribution in [3.8, 4) is 5.88 Å². The molecule has 3 aromatic rings. The molecule has 1 saturated heterocycles. The highest BCUT2D eigenvalue weighted by atomic mass is 35.5. The molecule has 0 radical (unpaired) electrons. The number of β-lactam (4-membered cyclic amide) rings is 1. The Morgan fingerprint density at radius 2 is 1.74 bits per heavy atom. The van der Waals surface area contributed by atoms with E-state index in [-0.39, 0.29) is 47.6 Å². The van der Waals surface area contributed by atoms with Gasteiger partial charge in [-0.1, -0.05) is 60.7 Å². The number of esters is 2. The summed E-state index contributed by atoms with van der Waals surface area (Å²) in [7, 11) is 1.22. The summed E-state index contributed by atoms with van der Waals surface area (Å²) in [5.74, 6) is -1.44. The standard InChI is InChI=1S/C26H23N3O7S.ClH/c1-33-25(31)18-12-19(28-36-18)34-13-17-14-37-24-20(27)23(30)29(24)21(17)26(32)35-22(15-8-4-2-5-9-15)16-10-6-3-7-11-16;/h2-12,20,22,24H,13-14,27H2,1H3;1H/t20?,24-;/m1./s1. The number of ether oxygens (including phenoxy) is 3. The quantitative estimate of drug-likeness (QED) is 0.325. The lowest BCUT2D eigenvalue weighted by molar-refractivity contribution is -0.153. The molecule has 0 aliphatic carbocycles. The fraction of sp³-hybridized carbons (Fsp3) is 0.231. The summed E-state index contributed by atoms with van der Waals surface area (Å²) in [5.41, 5.74) is 8.18. The van der Waals surface area contributed by atoms with E-state index in [0.717, 1.165) is 11.1 Å². The van der Waals surface area contributed by atoms with Gasteiger partial charge >= 0.3 is 11.9 Å². The summed E-state index contributed by atoms with van der Waals surface area (Å²) in [6.45, 7) is -0.0857. The minimum Gasteiger partial charge on any atom is -0.471 e. The van der Waals surface area contributed by atoms with E-state index in [1.165, 1.54) is 29.8 Å². The van der Waals surface area contributed by atoms with Crippen molar-refractivity contribution < 1.29 is 33.1 Å². The number of hydrogen-bond acceptors (Lipinski definition) is 10. The van der Waals surface area contributed by atoms with Crippen LogP contribution in [0.5, 0.6) is 5.88 Å². The van der Waals surface area contributed by atoms with Gasteiger partial charge in [-0.3, -0.25) is 9.69 Å². The number of methoxy groups -OCH3 is 1. The average molecular weight is 558 g/mol. The lowest BCUT2D eigenvalue weighted by Crippen LogP contribution is -2.68. The van der Waals surface area contributed by atoms with E-state index in [1.807, 2.05) is 60.7 Å². The maximum Gasteiger partial charge on any atom is 0.377 e. The number of aromatic nitrogens is 1. The molecule has 2 aromatic carbocycles. The SMILES string of the molecule is COC(=O)c1cc(OCC2=C(C(=O)OC(c3ccccc3)c3ccccc3)N3C(=O)C(N)[C@H]3SC2)no1.Cl. The van der Waals surface area contributed by atoms with Crippen molar-refractivity contribution in [2.45, 2.75) is 17.5 Å². The molecule has 0 saturated carbocycles. The fourth-order valence-corrected chi connectivity index (χ4v) is 5.39. The lowest BCUT2D eigenvalue weighted by Gasteiger charge is -2.48. The van der Waals surface area contributed by atoms with Gasteiger partial charge in [-0.15, -0.1) is 24.2 Å². The van der Waals surface area contributed by atoms with Gasteiger partial charge in [0.05, 0.1) is 13.2 Å². The van der Waals surface area contributed by atoms with Crippen molar-refractivity contribution in [3.63, 3.8) is 0 Å². The molecule has 1 amide bonds. The average Bonchev–Trinajstić information content (AvgIpc) is 3.43. The predicted octanol–water partition coefficient (Wildman–Crippen LogP) is 3.09. The molecule has 10 nitrogen and oxygen atoms in total. The van der Waals surface area contributed by atoms with Crippen molar-refractivity contribution in [1.29, 1.82) is 0 Å². The Morgan fingerprint density at radius 1 is 1.11 bits per heavy atom. The third-order valence-electron chi connectivity index (χ3n) is 5.98. The van der Waals surface area contributed by atoms with Crippen LogP contribution in [0.1, 0.15) is 27.8 Å². The molecule has 1 unspecified atom stereocenters. The highest BCUT2D eigenvalue weighted by molar-refractivity contribution is 8.00. The first-order valence-corrected chi connectivity index (χ1v) is 12.4. The van der Waals surface area contributed by atoms with Gasteiger partial charge in [0.2, 0.25) is 11.7 Å². The molecule has 0 spiro atoms. The molecule has 1 fully saturated rings. The van der Waals surface area contributed by atoms with Gasteiger partial charge in [-0.2, -0.15) is 0 Å². The number of nitrogens with two attached hydrogens (primary N) is 1. The van der Waals surface area contributed by atoms with Crippen molar-refractivity contribution in [2.24, 2.45) is 5.73 Å². The van der Waals surface area contributed by atoms with E-state index < -0.39 is 24.1 Å². The zero-order valence-corrected chi connectivity index (χ0v) is 21.8. The van der Waals surface area contributed by atoms with Crippen LogP contribution in [0.15, 0.2) is 82.5 Å². The van der Waals surface area contributed by atoms with Gasteiger partial charge in [0.25, 0.3) is 5.88 Å². The van der Waals surface area contributed by atoms with Crippen molar-refractivity contribution >= 4 is 42.0 Å². The number of nitrogens with zero attached hydrogens (tertiary/aromatic N) is 2. The summed E-state index contributed by atoms with van der Waals surface area (Å²) >= 11 is 1.43. The van der Waals surface area contributed by atoms with Gasteiger partial charge in [0, 0.05) is 11.3 Å². The third-order valence-corrected chi connectivity index (χ3v) is 7.34. The molecule has 1 aromatic heterocycles. The fourth-order valence-electron chi connectivity index (χ4n) is 4.11. The first-order valence-electron chi connectivity index (χ1n) is 11.4. The van der Waals surface area contributed by atoms with E-state index in [1.54, 1.807) is 0 Å². The summed E-state index contributed by atoms with van der Waals surface area (Å²) in [6, 6.07) is 19.3. The second-order valence-electron chi connectivity index (χ2n) is 8.30. The number of rotatable bonds is 8. The number of benzene rings is 2. The summed E-state index contributed by atoms with van der Waals surface area (Å²) in [4.78, 5) is 39.4. The summed E-state index contributed by atoms with van der Waals surface area (Å²) < 4.78 is 21.2. The molecule has 2 atom stereocenters. The first kappa shape index (κ1) is 27.2. The Bertz CT molecular complexity index is 1310. The van der Waals surface area contributed by atoms with E-state index in [2.05, 4.69) is 9.89 Å². The molecule has 2 aliphatic rings. The minimum absolute atomic E-state index is 0. The molecule has 5 rings (SSSR count). The number of fused-ring (bicyclic) bond motifs is 1. The number of hydrogen-bond donors (Lipinski definition) is 1. The molecule has 2 aliphatic heterocycles. The zero-order chi connectivity index (χ0) is 25.9. The number of thioether (sulfide) groups is 1. The maximum absolute atomic E-state index is 13.7. The molecule has 0 bridgehead atoms. The zero-order valence-electron chi connectivity index (χ0n) is 20.1. The van der Waals surface area contributed by atoms with Gasteiger partial charge in [0.1, 0.15) is 23.7 Å². The largest absolute Gasteiger partial charge is 0.471 e. The minimum atomic E-state index is -0.701. The second-order valence-corrected chi connectivity index (χ2v) is 9.41. The Balaban J connectivity index is 0.00000336. The first-order chi connectivity index (χ1) is 18.0. The predicted molar refractivity (Wildman–Crippen MR) is 139 cm³/mol. The van der Waals surface area contributed by atoms with Crippen LogP contribution < -0.4 is 10.5 Å². The smallest absolute Gasteiger partial charge is 0.377 e. The molecule has 38 heavy (non-hydrogen) atoms. The number of halogens is 1. The van der Waals surface area contributed by atoms with E-state index in [0.29, 0.717) is 11.3 Å². The molecule has 198 valence electrons. The molecule has 2 N–H and O–H groups in total. The second kappa shape index (κ2) is 11.7. The van der Waals surface area contributed by atoms with Crippen LogP contribution in [0.25, 0.3) is 0 Å². The normalized spacial score (nSPS) is 18.3. The maximum atomic E-state index is 13.7. The molecular formula is C26H24ClN3O7S. The van der Waals surface area contributed by atoms with Crippen LogP contribution in [0.2, 0.25) is 0 Å². The van der Waals surface area contributed by atoms with Crippen LogP contribution >= 0.6 is 24.2 Å². The Labute approximate surface area is 228 Å². The number of amides is 1. The van der Waals surface area contributed by atoms with Crippen LogP contribution in [0.3, 0.4) is 0 Å². The van der Waals surface area contributed by atoms with Crippen molar-refractivity contribution in [2.75, 3.05) is 19.5 Å². The highest BCUT2D eigenvalue weighted by Crippen LogP contribution is 2.41. The van der Waals surface area contributed by atoms with Gasteiger partial charge in [-0.25, -0.2) is 9.59 Å². The molecule has 3 heterocycles. The lowest BCUT2D eigenvalue weighted by atomic mass is 10.0. The molecule has 12 heteroatoms. The Morgan fingerprint density at radius 3 is 2.34 bits per heavy atom. The van der Waals surface area contributed by atoms with E-state index in [4.69, 9.17) is 19.7 Å². The third kappa shape index (κ3) is 5.26. The number of carbonyl (C=O) groups is 3. The van der Waals surface area contributed by atoms with Crippen LogP contribution in [-0.2, 0) is 19.1 Å². The van der Waals surface area contributed by atoms with Crippen molar-refractivity contribution in [1.82, 2.24) is 10.1 Å². The van der Waals surface area contributed by atoms with Crippen LogP contribution in [0.4, 0.5) is 0 Å². The van der Waals surface area contributed by atoms with E-state index >= 15 is 0 Å². The van der Waals surface area contributed by atoms with Crippen LogP contribution in [0, 0.1) is 0 Å². The van der Waals surface area contributed by atoms with Crippen LogP contribution in [-0.4, -0.2) is 58.8 Å². The summed E-state index contributed by atoms with van der Waals surface area (Å²) in [6.07, 6.45) is -0.694.